The highest BCUT2D eigenvalue weighted by atomic mass is 19.3. The van der Waals surface area contributed by atoms with Crippen LogP contribution in [0.1, 0.15) is 5.76 Å². The number of aromatic nitrogens is 3. The first kappa shape index (κ1) is 16.9. The van der Waals surface area contributed by atoms with Gasteiger partial charge in [-0.3, -0.25) is 0 Å². The summed E-state index contributed by atoms with van der Waals surface area (Å²) in [5, 5.41) is 12.2. The fourth-order valence-electron chi connectivity index (χ4n) is 2.64. The molecule has 4 aromatic rings. The minimum absolute atomic E-state index is 0.0507. The third-order valence-corrected chi connectivity index (χ3v) is 3.88. The minimum Gasteiger partial charge on any atom is -0.435 e. The monoisotopic (exact) mass is 369 g/mol. The number of aryl methyl sites for hydroxylation is 1. The van der Waals surface area contributed by atoms with Gasteiger partial charge in [-0.05, 0) is 31.2 Å². The van der Waals surface area contributed by atoms with Crippen molar-refractivity contribution >= 4 is 0 Å². The molecule has 2 aromatic heterocycles. The number of alkyl halides is 2. The molecule has 0 aliphatic heterocycles. The van der Waals surface area contributed by atoms with Crippen molar-refractivity contribution in [3.05, 3.63) is 60.4 Å². The van der Waals surface area contributed by atoms with Gasteiger partial charge in [0.15, 0.2) is 0 Å². The van der Waals surface area contributed by atoms with Gasteiger partial charge in [0.25, 0.3) is 5.89 Å². The Labute approximate surface area is 152 Å². The maximum absolute atomic E-state index is 12.2. The van der Waals surface area contributed by atoms with Gasteiger partial charge in [0.05, 0.1) is 0 Å². The predicted molar refractivity (Wildman–Crippen MR) is 92.0 cm³/mol. The van der Waals surface area contributed by atoms with Crippen molar-refractivity contribution in [3.8, 4) is 39.9 Å². The molecule has 0 atom stereocenters. The summed E-state index contributed by atoms with van der Waals surface area (Å²) in [5.74, 6) is 1.10. The van der Waals surface area contributed by atoms with Gasteiger partial charge >= 0.3 is 6.61 Å². The fraction of sp³-hybridized carbons (Fsp3) is 0.105. The molecule has 0 radical (unpaired) electrons. The van der Waals surface area contributed by atoms with Gasteiger partial charge in [0, 0.05) is 11.1 Å². The quantitative estimate of drug-likeness (QED) is 0.494. The van der Waals surface area contributed by atoms with E-state index in [-0.39, 0.29) is 17.5 Å². The molecule has 0 unspecified atom stereocenters. The van der Waals surface area contributed by atoms with Gasteiger partial charge in [-0.15, -0.1) is 10.2 Å². The topological polar surface area (TPSA) is 74.2 Å². The van der Waals surface area contributed by atoms with E-state index in [9.17, 15) is 8.78 Å². The van der Waals surface area contributed by atoms with Crippen molar-refractivity contribution in [2.75, 3.05) is 0 Å². The molecular formula is C19H13F2N3O3. The Morgan fingerprint density at radius 3 is 2.30 bits per heavy atom. The van der Waals surface area contributed by atoms with E-state index >= 15 is 0 Å². The molecule has 6 nitrogen and oxygen atoms in total. The van der Waals surface area contributed by atoms with E-state index in [0.29, 0.717) is 22.6 Å². The third kappa shape index (κ3) is 3.41. The first-order valence-electron chi connectivity index (χ1n) is 8.02. The van der Waals surface area contributed by atoms with Crippen molar-refractivity contribution in [1.82, 2.24) is 15.4 Å². The van der Waals surface area contributed by atoms with Gasteiger partial charge in [-0.1, -0.05) is 35.5 Å². The highest BCUT2D eigenvalue weighted by molar-refractivity contribution is 5.78. The summed E-state index contributed by atoms with van der Waals surface area (Å²) in [5.41, 5.74) is 2.64. The SMILES string of the molecule is Cc1onc(-c2ccccc2)c1-c1nnc(-c2ccc(OC(F)F)cc2)o1. The van der Waals surface area contributed by atoms with Gasteiger partial charge in [-0.25, -0.2) is 0 Å². The van der Waals surface area contributed by atoms with Crippen LogP contribution in [0, 0.1) is 6.92 Å². The second-order valence-electron chi connectivity index (χ2n) is 5.64. The molecule has 0 fully saturated rings. The second-order valence-corrected chi connectivity index (χ2v) is 5.64. The standard InChI is InChI=1S/C19H13F2N3O3/c1-11-15(16(24-27-11)12-5-3-2-4-6-12)18-23-22-17(26-18)13-7-9-14(10-8-13)25-19(20)21/h2-10,19H,1H3. The highest BCUT2D eigenvalue weighted by Gasteiger charge is 2.22. The molecule has 0 bridgehead atoms. The molecule has 0 saturated heterocycles. The first-order valence-corrected chi connectivity index (χ1v) is 8.02. The summed E-state index contributed by atoms with van der Waals surface area (Å²) >= 11 is 0. The zero-order valence-corrected chi connectivity index (χ0v) is 14.1. The Morgan fingerprint density at radius 2 is 1.59 bits per heavy atom. The summed E-state index contributed by atoms with van der Waals surface area (Å²) in [4.78, 5) is 0. The Morgan fingerprint density at radius 1 is 0.889 bits per heavy atom. The molecule has 136 valence electrons. The number of halogens is 2. The summed E-state index contributed by atoms with van der Waals surface area (Å²) in [7, 11) is 0. The predicted octanol–water partition coefficient (Wildman–Crippen LogP) is 4.97. The van der Waals surface area contributed by atoms with Crippen LogP contribution in [-0.4, -0.2) is 22.0 Å². The lowest BCUT2D eigenvalue weighted by molar-refractivity contribution is -0.0498. The Balaban J connectivity index is 1.67. The van der Waals surface area contributed by atoms with Crippen LogP contribution in [0.5, 0.6) is 5.75 Å². The van der Waals surface area contributed by atoms with E-state index < -0.39 is 6.61 Å². The van der Waals surface area contributed by atoms with E-state index in [4.69, 9.17) is 8.94 Å². The van der Waals surface area contributed by atoms with Crippen LogP contribution in [-0.2, 0) is 0 Å². The van der Waals surface area contributed by atoms with Gasteiger partial charge < -0.3 is 13.7 Å². The molecule has 0 amide bonds. The molecule has 4 rings (SSSR count). The minimum atomic E-state index is -2.88. The highest BCUT2D eigenvalue weighted by Crippen LogP contribution is 2.34. The summed E-state index contributed by atoms with van der Waals surface area (Å²) in [6.07, 6.45) is 0. The van der Waals surface area contributed by atoms with Crippen LogP contribution in [0.4, 0.5) is 8.78 Å². The number of ether oxygens (including phenoxy) is 1. The molecule has 27 heavy (non-hydrogen) atoms. The van der Waals surface area contributed by atoms with Crippen molar-refractivity contribution in [3.63, 3.8) is 0 Å². The normalized spacial score (nSPS) is 11.1. The van der Waals surface area contributed by atoms with Crippen molar-refractivity contribution in [2.45, 2.75) is 13.5 Å². The van der Waals surface area contributed by atoms with Crippen LogP contribution in [0.3, 0.4) is 0 Å². The maximum atomic E-state index is 12.2. The number of benzene rings is 2. The van der Waals surface area contributed by atoms with Crippen molar-refractivity contribution in [1.29, 1.82) is 0 Å². The molecular weight excluding hydrogens is 356 g/mol. The first-order chi connectivity index (χ1) is 13.1. The van der Waals surface area contributed by atoms with Gasteiger partial charge in [0.1, 0.15) is 22.8 Å². The Kier molecular flexibility index (Phi) is 4.37. The summed E-state index contributed by atoms with van der Waals surface area (Å²) < 4.78 is 39.9. The van der Waals surface area contributed by atoms with Crippen LogP contribution < -0.4 is 4.74 Å². The average molecular weight is 369 g/mol. The van der Waals surface area contributed by atoms with Crippen LogP contribution in [0.2, 0.25) is 0 Å². The molecule has 2 aromatic carbocycles. The Bertz CT molecular complexity index is 1040. The maximum Gasteiger partial charge on any atom is 0.387 e. The van der Waals surface area contributed by atoms with E-state index in [1.165, 1.54) is 12.1 Å². The number of hydrogen-bond donors (Lipinski definition) is 0. The molecule has 0 N–H and O–H groups in total. The number of nitrogens with zero attached hydrogens (tertiary/aromatic N) is 3. The zero-order chi connectivity index (χ0) is 18.8. The molecule has 0 saturated carbocycles. The lowest BCUT2D eigenvalue weighted by Crippen LogP contribution is -2.01. The largest absolute Gasteiger partial charge is 0.435 e. The van der Waals surface area contributed by atoms with E-state index in [0.717, 1.165) is 5.56 Å². The lowest BCUT2D eigenvalue weighted by Gasteiger charge is -2.03. The van der Waals surface area contributed by atoms with E-state index in [1.807, 2.05) is 30.3 Å². The molecule has 0 spiro atoms. The van der Waals surface area contributed by atoms with Crippen LogP contribution in [0.25, 0.3) is 34.2 Å². The van der Waals surface area contributed by atoms with E-state index in [1.54, 1.807) is 19.1 Å². The molecule has 0 aliphatic carbocycles. The second kappa shape index (κ2) is 6.99. The number of hydrogen-bond acceptors (Lipinski definition) is 6. The summed E-state index contributed by atoms with van der Waals surface area (Å²) in [6, 6.07) is 15.4. The number of rotatable bonds is 5. The smallest absolute Gasteiger partial charge is 0.387 e. The van der Waals surface area contributed by atoms with Crippen molar-refractivity contribution < 1.29 is 22.5 Å². The molecule has 2 heterocycles. The third-order valence-electron chi connectivity index (χ3n) is 3.88. The fourth-order valence-corrected chi connectivity index (χ4v) is 2.64. The Hall–Kier alpha value is -3.55. The summed E-state index contributed by atoms with van der Waals surface area (Å²) in [6.45, 7) is -1.12. The lowest BCUT2D eigenvalue weighted by atomic mass is 10.1. The van der Waals surface area contributed by atoms with E-state index in [2.05, 4.69) is 20.1 Å². The van der Waals surface area contributed by atoms with Crippen molar-refractivity contribution in [2.24, 2.45) is 0 Å². The molecule has 8 heteroatoms. The van der Waals surface area contributed by atoms with Crippen LogP contribution >= 0.6 is 0 Å². The zero-order valence-electron chi connectivity index (χ0n) is 14.1. The molecule has 0 aliphatic rings. The van der Waals surface area contributed by atoms with Gasteiger partial charge in [-0.2, -0.15) is 8.78 Å². The van der Waals surface area contributed by atoms with Gasteiger partial charge in [0.2, 0.25) is 5.89 Å². The van der Waals surface area contributed by atoms with Crippen LogP contribution in [0.15, 0.2) is 63.5 Å². The average Bonchev–Trinajstić information content (AvgIpc) is 3.29.